The van der Waals surface area contributed by atoms with Gasteiger partial charge in [0.05, 0.1) is 11.0 Å². The number of fused-ring (bicyclic) bond motifs is 1. The zero-order valence-electron chi connectivity index (χ0n) is 29.6. The average Bonchev–Trinajstić information content (AvgIpc) is 3.65. The van der Waals surface area contributed by atoms with Crippen LogP contribution in [-0.4, -0.2) is 82.4 Å². The number of alkyl halides is 3. The van der Waals surface area contributed by atoms with E-state index in [9.17, 15) is 37.1 Å². The Kier molecular flexibility index (Phi) is 12.1. The smallest absolute Gasteiger partial charge is 0.346 e. The number of hydrogen-bond donors (Lipinski definition) is 4. The predicted molar refractivity (Wildman–Crippen MR) is 183 cm³/mol. The second kappa shape index (κ2) is 15.4. The summed E-state index contributed by atoms with van der Waals surface area (Å²) >= 11 is 1.52. The van der Waals surface area contributed by atoms with Gasteiger partial charge >= 0.3 is 12.2 Å². The van der Waals surface area contributed by atoms with Gasteiger partial charge in [-0.25, -0.2) is 9.78 Å². The number of Topliss-reactive ketones (excluding diaryl/α,β-unsaturated/α-hetero) is 1. The van der Waals surface area contributed by atoms with Gasteiger partial charge in [-0.1, -0.05) is 60.0 Å². The third kappa shape index (κ3) is 9.43. The predicted octanol–water partition coefficient (Wildman–Crippen LogP) is 4.67. The van der Waals surface area contributed by atoms with Gasteiger partial charge in [-0.2, -0.15) is 13.2 Å². The van der Waals surface area contributed by atoms with Crippen LogP contribution < -0.4 is 21.3 Å². The van der Waals surface area contributed by atoms with Gasteiger partial charge in [0.2, 0.25) is 17.6 Å². The molecule has 5 amide bonds. The molecular formula is C35H51F3N6O5S. The van der Waals surface area contributed by atoms with Crippen LogP contribution in [0.1, 0.15) is 91.0 Å². The third-order valence-electron chi connectivity index (χ3n) is 10.5. The largest absolute Gasteiger partial charge is 0.389 e. The molecule has 0 spiro atoms. The van der Waals surface area contributed by atoms with Gasteiger partial charge in [-0.3, -0.25) is 19.2 Å². The number of halogens is 3. The summed E-state index contributed by atoms with van der Waals surface area (Å²) in [5, 5.41) is 13.6. The van der Waals surface area contributed by atoms with Gasteiger partial charge in [0.1, 0.15) is 12.1 Å². The van der Waals surface area contributed by atoms with Crippen LogP contribution in [0.4, 0.5) is 18.0 Å². The minimum absolute atomic E-state index is 0.0882. The molecule has 50 heavy (non-hydrogen) atoms. The molecule has 15 heteroatoms. The summed E-state index contributed by atoms with van der Waals surface area (Å²) in [7, 11) is 0. The van der Waals surface area contributed by atoms with Crippen LogP contribution in [0.25, 0.3) is 0 Å². The molecule has 0 radical (unpaired) electrons. The van der Waals surface area contributed by atoms with Crippen molar-refractivity contribution in [1.29, 1.82) is 0 Å². The molecule has 278 valence electrons. The number of nitrogens with zero attached hydrogens (tertiary/aromatic N) is 2. The Morgan fingerprint density at radius 1 is 1.10 bits per heavy atom. The fraction of sp³-hybridized carbons (Fsp3) is 0.714. The van der Waals surface area contributed by atoms with E-state index in [4.69, 9.17) is 0 Å². The summed E-state index contributed by atoms with van der Waals surface area (Å²) < 4.78 is 39.7. The van der Waals surface area contributed by atoms with Crippen molar-refractivity contribution in [2.45, 2.75) is 122 Å². The highest BCUT2D eigenvalue weighted by Gasteiger charge is 2.61. The number of hydrogen-bond acceptors (Lipinski definition) is 7. The Labute approximate surface area is 296 Å². The maximum absolute atomic E-state index is 14.5. The SMILES string of the molecule is C=CCNC(=O)C(=O)C(CCC(F)(F)F)NC(=O)[C@@H]1[C@H]2CC(C)(C)[C@H]2CN1C(=O)[C@@H](NC(=O)NC1(Cc2nccs2)CCCCC1)C(C)(C)C. The highest BCUT2D eigenvalue weighted by atomic mass is 32.1. The fourth-order valence-corrected chi connectivity index (χ4v) is 8.59. The van der Waals surface area contributed by atoms with Crippen molar-refractivity contribution < 1.29 is 37.1 Å². The van der Waals surface area contributed by atoms with Gasteiger partial charge < -0.3 is 26.2 Å². The van der Waals surface area contributed by atoms with Crippen molar-refractivity contribution >= 4 is 40.9 Å². The maximum atomic E-state index is 14.5. The number of likely N-dealkylation sites (tertiary alicyclic amines) is 1. The third-order valence-corrected chi connectivity index (χ3v) is 11.3. The first-order valence-electron chi connectivity index (χ1n) is 17.3. The van der Waals surface area contributed by atoms with Crippen LogP contribution in [0.3, 0.4) is 0 Å². The maximum Gasteiger partial charge on any atom is 0.389 e. The summed E-state index contributed by atoms with van der Waals surface area (Å²) in [6.07, 6.45) is 1.77. The summed E-state index contributed by atoms with van der Waals surface area (Å²) in [6, 6.07) is -4.44. The molecule has 11 nitrogen and oxygen atoms in total. The van der Waals surface area contributed by atoms with Crippen LogP contribution >= 0.6 is 11.3 Å². The Morgan fingerprint density at radius 3 is 2.34 bits per heavy atom. The van der Waals surface area contributed by atoms with Gasteiger partial charge in [-0.05, 0) is 48.3 Å². The summed E-state index contributed by atoms with van der Waals surface area (Å²) in [5.41, 5.74) is -1.55. The molecule has 2 heterocycles. The second-order valence-electron chi connectivity index (χ2n) is 15.8. The zero-order valence-corrected chi connectivity index (χ0v) is 30.4. The van der Waals surface area contributed by atoms with Crippen LogP contribution in [0.2, 0.25) is 0 Å². The number of rotatable bonds is 13. The van der Waals surface area contributed by atoms with Crippen LogP contribution in [0.15, 0.2) is 24.2 Å². The Bertz CT molecular complexity index is 1420. The standard InChI is InChI=1S/C35H51F3N6O5S/c1-7-15-40-29(47)26(45)23(11-14-35(36,37)38)41-28(46)25-21-18-33(5,6)22(21)20-44(25)30(48)27(32(2,3)4)42-31(49)43-34(12-9-8-10-13-34)19-24-39-16-17-50-24/h7,16-17,21-23,25,27H,1,8-15,18-20H2,2-6H3,(H,40,47)(H,41,46)(H2,42,43,49)/t21-,22-,23?,25-,27+/m0/s1. The van der Waals surface area contributed by atoms with Crippen molar-refractivity contribution in [2.24, 2.45) is 22.7 Å². The molecule has 1 aliphatic heterocycles. The summed E-state index contributed by atoms with van der Waals surface area (Å²) in [6.45, 7) is 13.0. The molecule has 0 aromatic carbocycles. The summed E-state index contributed by atoms with van der Waals surface area (Å²) in [5.74, 6) is -4.09. The molecule has 3 fully saturated rings. The first-order chi connectivity index (χ1) is 23.3. The number of aromatic nitrogens is 1. The molecule has 1 unspecified atom stereocenters. The van der Waals surface area contributed by atoms with Crippen molar-refractivity contribution in [1.82, 2.24) is 31.2 Å². The van der Waals surface area contributed by atoms with Crippen molar-refractivity contribution in [3.63, 3.8) is 0 Å². The van der Waals surface area contributed by atoms with Gasteiger partial charge in [0.25, 0.3) is 5.91 Å². The molecule has 3 aliphatic rings. The zero-order chi connectivity index (χ0) is 37.1. The lowest BCUT2D eigenvalue weighted by Crippen LogP contribution is -2.63. The average molecular weight is 725 g/mol. The molecular weight excluding hydrogens is 673 g/mol. The van der Waals surface area contributed by atoms with Crippen LogP contribution in [0, 0.1) is 22.7 Å². The number of carbonyl (C=O) groups excluding carboxylic acids is 5. The summed E-state index contributed by atoms with van der Waals surface area (Å²) in [4.78, 5) is 73.5. The minimum atomic E-state index is -4.64. The van der Waals surface area contributed by atoms with Gasteiger partial charge in [0.15, 0.2) is 0 Å². The Hall–Kier alpha value is -3.49. The van der Waals surface area contributed by atoms with Gasteiger partial charge in [-0.15, -0.1) is 17.9 Å². The molecule has 1 saturated heterocycles. The van der Waals surface area contributed by atoms with Crippen molar-refractivity contribution in [3.05, 3.63) is 29.2 Å². The topological polar surface area (TPSA) is 150 Å². The quantitative estimate of drug-likeness (QED) is 0.172. The molecule has 1 aromatic rings. The fourth-order valence-electron chi connectivity index (χ4n) is 7.82. The first kappa shape index (κ1) is 39.3. The van der Waals surface area contributed by atoms with Gasteiger partial charge in [0, 0.05) is 43.0 Å². The highest BCUT2D eigenvalue weighted by Crippen LogP contribution is 2.57. The van der Waals surface area contributed by atoms with Crippen molar-refractivity contribution in [2.75, 3.05) is 13.1 Å². The highest BCUT2D eigenvalue weighted by molar-refractivity contribution is 7.09. The molecule has 4 N–H and O–H groups in total. The molecule has 5 atom stereocenters. The van der Waals surface area contributed by atoms with Crippen LogP contribution in [-0.2, 0) is 25.6 Å². The first-order valence-corrected chi connectivity index (χ1v) is 18.2. The van der Waals surface area contributed by atoms with E-state index < -0.39 is 77.6 Å². The number of urea groups is 1. The van der Waals surface area contributed by atoms with E-state index in [0.29, 0.717) is 12.8 Å². The number of ketones is 1. The Balaban J connectivity index is 1.57. The number of amides is 5. The number of nitrogens with one attached hydrogen (secondary N) is 4. The van der Waals surface area contributed by atoms with Crippen LogP contribution in [0.5, 0.6) is 0 Å². The lowest BCUT2D eigenvalue weighted by atomic mass is 9.55. The van der Waals surface area contributed by atoms with E-state index in [0.717, 1.165) is 37.1 Å². The van der Waals surface area contributed by atoms with E-state index >= 15 is 0 Å². The van der Waals surface area contributed by atoms with E-state index in [1.807, 2.05) is 19.2 Å². The minimum Gasteiger partial charge on any atom is -0.346 e. The molecule has 2 saturated carbocycles. The second-order valence-corrected chi connectivity index (χ2v) is 16.8. The molecule has 1 aromatic heterocycles. The number of thiazole rings is 1. The lowest BCUT2D eigenvalue weighted by molar-refractivity contribution is -0.148. The molecule has 0 bridgehead atoms. The normalized spacial score (nSPS) is 23.8. The van der Waals surface area contributed by atoms with E-state index in [2.05, 4.69) is 32.8 Å². The van der Waals surface area contributed by atoms with E-state index in [1.165, 1.54) is 22.3 Å². The van der Waals surface area contributed by atoms with E-state index in [1.54, 1.807) is 27.0 Å². The molecule has 4 rings (SSSR count). The lowest BCUT2D eigenvalue weighted by Gasteiger charge is -2.48. The molecule has 2 aliphatic carbocycles. The number of carbonyl (C=O) groups is 5. The van der Waals surface area contributed by atoms with Crippen molar-refractivity contribution in [3.8, 4) is 0 Å². The van der Waals surface area contributed by atoms with E-state index in [-0.39, 0.29) is 30.3 Å². The Morgan fingerprint density at radius 2 is 1.78 bits per heavy atom. The monoisotopic (exact) mass is 724 g/mol.